The van der Waals surface area contributed by atoms with E-state index in [2.05, 4.69) is 28.8 Å². The first-order chi connectivity index (χ1) is 10.2. The number of hydrogen-bond donors (Lipinski definition) is 1. The zero-order valence-electron chi connectivity index (χ0n) is 13.4. The van der Waals surface area contributed by atoms with Crippen molar-refractivity contribution in [3.63, 3.8) is 0 Å². The van der Waals surface area contributed by atoms with Crippen LogP contribution in [0.25, 0.3) is 0 Å². The van der Waals surface area contributed by atoms with Gasteiger partial charge in [0.25, 0.3) is 0 Å². The van der Waals surface area contributed by atoms with E-state index < -0.39 is 0 Å². The molecule has 0 spiro atoms. The number of nitrogens with zero attached hydrogens (tertiary/aromatic N) is 3. The molecule has 2 saturated carbocycles. The van der Waals surface area contributed by atoms with Crippen molar-refractivity contribution in [2.24, 2.45) is 11.8 Å². The van der Waals surface area contributed by atoms with Crippen molar-refractivity contribution in [1.82, 2.24) is 20.1 Å². The molecular formula is C17H28N4. The normalized spacial score (nSPS) is 28.0. The fourth-order valence-electron chi connectivity index (χ4n) is 4.74. The second-order valence-corrected chi connectivity index (χ2v) is 7.89. The zero-order valence-corrected chi connectivity index (χ0v) is 13.4. The summed E-state index contributed by atoms with van der Waals surface area (Å²) in [6.07, 6.45) is 9.33. The van der Waals surface area contributed by atoms with Crippen molar-refractivity contribution in [3.05, 3.63) is 11.6 Å². The van der Waals surface area contributed by atoms with Crippen molar-refractivity contribution in [2.45, 2.75) is 76.8 Å². The Labute approximate surface area is 127 Å². The molecule has 116 valence electrons. The van der Waals surface area contributed by atoms with Crippen molar-refractivity contribution in [2.75, 3.05) is 6.54 Å². The molecule has 1 atom stereocenters. The fourth-order valence-corrected chi connectivity index (χ4v) is 4.74. The van der Waals surface area contributed by atoms with Gasteiger partial charge >= 0.3 is 0 Å². The minimum Gasteiger partial charge on any atom is -0.312 e. The zero-order chi connectivity index (χ0) is 14.4. The third-order valence-corrected chi connectivity index (χ3v) is 5.68. The molecule has 0 radical (unpaired) electrons. The van der Waals surface area contributed by atoms with Crippen LogP contribution in [-0.4, -0.2) is 21.3 Å². The van der Waals surface area contributed by atoms with Crippen molar-refractivity contribution in [1.29, 1.82) is 0 Å². The molecule has 0 saturated heterocycles. The van der Waals surface area contributed by atoms with Gasteiger partial charge < -0.3 is 9.88 Å². The molecule has 0 amide bonds. The fraction of sp³-hybridized carbons (Fsp3) is 0.882. The third kappa shape index (κ3) is 2.32. The van der Waals surface area contributed by atoms with E-state index >= 15 is 0 Å². The van der Waals surface area contributed by atoms with E-state index in [1.165, 1.54) is 56.6 Å². The predicted octanol–water partition coefficient (Wildman–Crippen LogP) is 3.19. The molecule has 1 aromatic heterocycles. The summed E-state index contributed by atoms with van der Waals surface area (Å²) in [5, 5.41) is 13.1. The lowest BCUT2D eigenvalue weighted by Gasteiger charge is -2.33. The molecule has 2 aliphatic carbocycles. The van der Waals surface area contributed by atoms with Gasteiger partial charge in [0, 0.05) is 18.5 Å². The van der Waals surface area contributed by atoms with E-state index in [1.807, 2.05) is 0 Å². The van der Waals surface area contributed by atoms with Gasteiger partial charge in [-0.25, -0.2) is 0 Å². The summed E-state index contributed by atoms with van der Waals surface area (Å²) in [7, 11) is 0. The summed E-state index contributed by atoms with van der Waals surface area (Å²) in [5.74, 6) is 4.09. The summed E-state index contributed by atoms with van der Waals surface area (Å²) in [5.41, 5.74) is 0.310. The maximum Gasteiger partial charge on any atom is 0.150 e. The first kappa shape index (κ1) is 13.7. The van der Waals surface area contributed by atoms with Crippen LogP contribution in [0.2, 0.25) is 0 Å². The highest BCUT2D eigenvalue weighted by atomic mass is 15.3. The van der Waals surface area contributed by atoms with Crippen molar-refractivity contribution >= 4 is 0 Å². The Morgan fingerprint density at radius 1 is 1.24 bits per heavy atom. The van der Waals surface area contributed by atoms with Gasteiger partial charge in [0.1, 0.15) is 5.82 Å². The molecule has 0 bridgehead atoms. The Kier molecular flexibility index (Phi) is 3.32. The van der Waals surface area contributed by atoms with E-state index in [0.29, 0.717) is 11.5 Å². The minimum atomic E-state index is 0.310. The SMILES string of the molecule is CC(C)CC1(c2nnc3n2CCNC3C2CC2)CCCC1. The van der Waals surface area contributed by atoms with E-state index in [1.54, 1.807) is 0 Å². The van der Waals surface area contributed by atoms with Gasteiger partial charge in [-0.15, -0.1) is 10.2 Å². The van der Waals surface area contributed by atoms with Gasteiger partial charge in [0.15, 0.2) is 5.82 Å². The Balaban J connectivity index is 1.71. The molecule has 1 aromatic rings. The maximum atomic E-state index is 4.74. The molecule has 1 unspecified atom stereocenters. The van der Waals surface area contributed by atoms with Crippen LogP contribution >= 0.6 is 0 Å². The first-order valence-corrected chi connectivity index (χ1v) is 8.86. The number of rotatable bonds is 4. The van der Waals surface area contributed by atoms with Gasteiger partial charge in [-0.3, -0.25) is 0 Å². The largest absolute Gasteiger partial charge is 0.312 e. The molecule has 3 aliphatic rings. The topological polar surface area (TPSA) is 42.7 Å². The molecule has 4 nitrogen and oxygen atoms in total. The van der Waals surface area contributed by atoms with Gasteiger partial charge in [0.05, 0.1) is 6.04 Å². The monoisotopic (exact) mass is 288 g/mol. The summed E-state index contributed by atoms with van der Waals surface area (Å²) >= 11 is 0. The van der Waals surface area contributed by atoms with Gasteiger partial charge in [-0.1, -0.05) is 26.7 Å². The van der Waals surface area contributed by atoms with Crippen LogP contribution in [0.1, 0.15) is 76.5 Å². The van der Waals surface area contributed by atoms with Crippen LogP contribution in [0.5, 0.6) is 0 Å². The van der Waals surface area contributed by atoms with E-state index in [9.17, 15) is 0 Å². The second kappa shape index (κ2) is 5.08. The van der Waals surface area contributed by atoms with Crippen LogP contribution < -0.4 is 5.32 Å². The van der Waals surface area contributed by atoms with Crippen molar-refractivity contribution in [3.8, 4) is 0 Å². The smallest absolute Gasteiger partial charge is 0.150 e. The summed E-state index contributed by atoms with van der Waals surface area (Å²) in [6, 6.07) is 0.470. The van der Waals surface area contributed by atoms with Gasteiger partial charge in [-0.2, -0.15) is 0 Å². The molecule has 2 fully saturated rings. The molecule has 1 aliphatic heterocycles. The van der Waals surface area contributed by atoms with E-state index in [0.717, 1.165) is 24.9 Å². The molecule has 0 aromatic carbocycles. The maximum absolute atomic E-state index is 4.74. The molecule has 1 N–H and O–H groups in total. The number of hydrogen-bond acceptors (Lipinski definition) is 3. The quantitative estimate of drug-likeness (QED) is 0.925. The molecule has 2 heterocycles. The lowest BCUT2D eigenvalue weighted by Crippen LogP contribution is -2.38. The molecule has 21 heavy (non-hydrogen) atoms. The van der Waals surface area contributed by atoms with E-state index in [-0.39, 0.29) is 0 Å². The van der Waals surface area contributed by atoms with Crippen LogP contribution in [0.4, 0.5) is 0 Å². The summed E-state index contributed by atoms with van der Waals surface area (Å²) in [6.45, 7) is 6.84. The highest BCUT2D eigenvalue weighted by Gasteiger charge is 2.44. The predicted molar refractivity (Wildman–Crippen MR) is 83.1 cm³/mol. The first-order valence-electron chi connectivity index (χ1n) is 8.86. The lowest BCUT2D eigenvalue weighted by atomic mass is 9.77. The van der Waals surface area contributed by atoms with Gasteiger partial charge in [-0.05, 0) is 43.9 Å². The average Bonchev–Trinajstić information content (AvgIpc) is 3.03. The van der Waals surface area contributed by atoms with Crippen LogP contribution in [0.3, 0.4) is 0 Å². The highest BCUT2D eigenvalue weighted by Crippen LogP contribution is 2.47. The van der Waals surface area contributed by atoms with Crippen LogP contribution in [0.15, 0.2) is 0 Å². The van der Waals surface area contributed by atoms with E-state index in [4.69, 9.17) is 5.10 Å². The highest BCUT2D eigenvalue weighted by molar-refractivity contribution is 5.17. The van der Waals surface area contributed by atoms with Crippen LogP contribution in [0, 0.1) is 11.8 Å². The van der Waals surface area contributed by atoms with Crippen molar-refractivity contribution < 1.29 is 0 Å². The number of fused-ring (bicyclic) bond motifs is 1. The summed E-state index contributed by atoms with van der Waals surface area (Å²) in [4.78, 5) is 0. The number of aromatic nitrogens is 3. The molecule has 4 rings (SSSR count). The minimum absolute atomic E-state index is 0.310. The third-order valence-electron chi connectivity index (χ3n) is 5.68. The Hall–Kier alpha value is -0.900. The standard InChI is InChI=1S/C17H28N4/c1-12(2)11-17(7-3-4-8-17)16-20-19-15-14(13-5-6-13)18-9-10-21(15)16/h12-14,18H,3-11H2,1-2H3. The molecular weight excluding hydrogens is 260 g/mol. The molecule has 4 heteroatoms. The second-order valence-electron chi connectivity index (χ2n) is 7.89. The average molecular weight is 288 g/mol. The van der Waals surface area contributed by atoms with Crippen LogP contribution in [-0.2, 0) is 12.0 Å². The van der Waals surface area contributed by atoms with Gasteiger partial charge in [0.2, 0.25) is 0 Å². The lowest BCUT2D eigenvalue weighted by molar-refractivity contribution is 0.301. The Morgan fingerprint density at radius 2 is 2.00 bits per heavy atom. The Bertz CT molecular complexity index is 509. The number of nitrogens with one attached hydrogen (secondary N) is 1. The summed E-state index contributed by atoms with van der Waals surface area (Å²) < 4.78 is 2.49. The Morgan fingerprint density at radius 3 is 2.67 bits per heavy atom.